The van der Waals surface area contributed by atoms with Gasteiger partial charge in [-0.3, -0.25) is 0 Å². The fourth-order valence-electron chi connectivity index (χ4n) is 11.9. The van der Waals surface area contributed by atoms with Crippen molar-refractivity contribution in [2.24, 2.45) is 0 Å². The number of anilines is 3. The minimum absolute atomic E-state index is 0.609. The van der Waals surface area contributed by atoms with Gasteiger partial charge in [0.15, 0.2) is 0 Å². The first-order valence-electron chi connectivity index (χ1n) is 23.0. The van der Waals surface area contributed by atoms with Crippen molar-refractivity contribution in [1.29, 1.82) is 0 Å². The Labute approximate surface area is 384 Å². The topological polar surface area (TPSA) is 3.24 Å². The van der Waals surface area contributed by atoms with Crippen molar-refractivity contribution in [2.75, 3.05) is 4.90 Å². The second kappa shape index (κ2) is 14.2. The summed E-state index contributed by atoms with van der Waals surface area (Å²) in [6, 6.07) is 93.0. The molecular weight excluding hydrogens is 795 g/mol. The van der Waals surface area contributed by atoms with E-state index in [1.54, 1.807) is 0 Å². The lowest BCUT2D eigenvalue weighted by Gasteiger charge is -2.46. The molecule has 1 spiro atoms. The van der Waals surface area contributed by atoms with Crippen LogP contribution in [0.3, 0.4) is 0 Å². The summed E-state index contributed by atoms with van der Waals surface area (Å²) in [5, 5.41) is 9.94. The highest BCUT2D eigenvalue weighted by atomic mass is 15.1. The molecule has 0 fully saturated rings. The first kappa shape index (κ1) is 36.9. The molecule has 14 rings (SSSR count). The zero-order valence-electron chi connectivity index (χ0n) is 36.1. The van der Waals surface area contributed by atoms with Crippen molar-refractivity contribution in [3.05, 3.63) is 271 Å². The maximum absolute atomic E-state index is 2.56. The molecule has 12 aromatic rings. The van der Waals surface area contributed by atoms with E-state index in [1.165, 1.54) is 110 Å². The number of rotatable bonds is 5. The summed E-state index contributed by atoms with van der Waals surface area (Å²) in [7, 11) is 0. The molecule has 12 aromatic carbocycles. The normalized spacial score (nSPS) is 14.4. The van der Waals surface area contributed by atoms with Crippen molar-refractivity contribution in [3.8, 4) is 44.5 Å². The van der Waals surface area contributed by atoms with E-state index >= 15 is 0 Å². The van der Waals surface area contributed by atoms with Gasteiger partial charge < -0.3 is 4.90 Å². The highest BCUT2D eigenvalue weighted by Gasteiger charge is 2.48. The van der Waals surface area contributed by atoms with Crippen molar-refractivity contribution >= 4 is 60.2 Å². The third kappa shape index (κ3) is 5.11. The van der Waals surface area contributed by atoms with Gasteiger partial charge in [0.25, 0.3) is 0 Å². The highest BCUT2D eigenvalue weighted by molar-refractivity contribution is 6.17. The predicted octanol–water partition coefficient (Wildman–Crippen LogP) is 17.4. The Kier molecular flexibility index (Phi) is 7.97. The number of hydrogen-bond acceptors (Lipinski definition) is 1. The predicted molar refractivity (Wildman–Crippen MR) is 278 cm³/mol. The number of benzene rings is 12. The van der Waals surface area contributed by atoms with Gasteiger partial charge >= 0.3 is 0 Å². The summed E-state index contributed by atoms with van der Waals surface area (Å²) in [6.45, 7) is 0. The molecule has 0 aliphatic heterocycles. The van der Waals surface area contributed by atoms with Gasteiger partial charge in [0.2, 0.25) is 0 Å². The van der Waals surface area contributed by atoms with Crippen LogP contribution in [0, 0.1) is 0 Å². The van der Waals surface area contributed by atoms with Crippen LogP contribution in [0.2, 0.25) is 0 Å². The molecule has 0 aromatic heterocycles. The molecule has 2 aliphatic carbocycles. The molecule has 0 radical (unpaired) electrons. The van der Waals surface area contributed by atoms with E-state index in [0.717, 1.165) is 17.1 Å². The van der Waals surface area contributed by atoms with E-state index < -0.39 is 5.41 Å². The first-order chi connectivity index (χ1) is 32.8. The average molecular weight is 836 g/mol. The lowest BCUT2D eigenvalue weighted by Crippen LogP contribution is -2.36. The lowest BCUT2D eigenvalue weighted by molar-refractivity contribution is 0.754. The first-order valence-corrected chi connectivity index (χ1v) is 23.0. The van der Waals surface area contributed by atoms with E-state index in [4.69, 9.17) is 0 Å². The van der Waals surface area contributed by atoms with Gasteiger partial charge in [-0.1, -0.05) is 231 Å². The Morgan fingerprint density at radius 2 is 0.758 bits per heavy atom. The van der Waals surface area contributed by atoms with Gasteiger partial charge in [0.1, 0.15) is 0 Å². The van der Waals surface area contributed by atoms with Crippen molar-refractivity contribution in [2.45, 2.75) is 5.41 Å². The second-order valence-electron chi connectivity index (χ2n) is 17.9. The summed E-state index contributed by atoms with van der Waals surface area (Å²) >= 11 is 0. The third-order valence-electron chi connectivity index (χ3n) is 14.6. The van der Waals surface area contributed by atoms with E-state index in [9.17, 15) is 0 Å². The fourth-order valence-corrected chi connectivity index (χ4v) is 11.9. The zero-order chi connectivity index (χ0) is 43.3. The molecule has 66 heavy (non-hydrogen) atoms. The summed E-state index contributed by atoms with van der Waals surface area (Å²) in [5.41, 5.74) is 18.0. The van der Waals surface area contributed by atoms with Gasteiger partial charge in [0, 0.05) is 22.0 Å². The quantitative estimate of drug-likeness (QED) is 0.167. The standard InChI is InChI=1S/C65H41N/c1-3-18-43(19-4-1)48-37-38-54-51-25-11-13-29-57(51)65(59-31-15-27-53(48)62(54)59)58-30-14-12-26-52(58)55-39-40-61(56-28-16-32-60(65)63(55)56)66(47-35-33-42-17-7-8-23-46(42)41-47)64-49-24-10-9-22-45(49)34-36-50(64)44-20-5-2-6-21-44/h1-41H. The molecule has 0 saturated carbocycles. The van der Waals surface area contributed by atoms with Crippen molar-refractivity contribution in [1.82, 2.24) is 0 Å². The molecule has 0 saturated heterocycles. The zero-order valence-corrected chi connectivity index (χ0v) is 36.1. The number of fused-ring (bicyclic) bond motifs is 10. The van der Waals surface area contributed by atoms with Gasteiger partial charge in [-0.25, -0.2) is 0 Å². The Balaban J connectivity index is 1.13. The number of nitrogens with zero attached hydrogens (tertiary/aromatic N) is 1. The summed E-state index contributed by atoms with van der Waals surface area (Å²) in [5.74, 6) is 0. The minimum atomic E-state index is -0.609. The van der Waals surface area contributed by atoms with Gasteiger partial charge in [-0.05, 0) is 112 Å². The van der Waals surface area contributed by atoms with Crippen LogP contribution in [0.25, 0.3) is 87.6 Å². The lowest BCUT2D eigenvalue weighted by atomic mass is 9.55. The molecule has 1 nitrogen and oxygen atoms in total. The van der Waals surface area contributed by atoms with Crippen LogP contribution in [0.4, 0.5) is 17.1 Å². The van der Waals surface area contributed by atoms with E-state index in [1.807, 2.05) is 0 Å². The van der Waals surface area contributed by atoms with Crippen LogP contribution in [0.1, 0.15) is 22.3 Å². The monoisotopic (exact) mass is 835 g/mol. The van der Waals surface area contributed by atoms with Crippen LogP contribution < -0.4 is 4.90 Å². The summed E-state index contributed by atoms with van der Waals surface area (Å²) in [6.07, 6.45) is 0. The van der Waals surface area contributed by atoms with Crippen LogP contribution in [0.5, 0.6) is 0 Å². The fraction of sp³-hybridized carbons (Fsp3) is 0.0154. The van der Waals surface area contributed by atoms with Crippen LogP contribution in [0.15, 0.2) is 249 Å². The van der Waals surface area contributed by atoms with E-state index in [2.05, 4.69) is 254 Å². The maximum Gasteiger partial charge on any atom is 0.0725 e. The van der Waals surface area contributed by atoms with Gasteiger partial charge in [-0.2, -0.15) is 0 Å². The summed E-state index contributed by atoms with van der Waals surface area (Å²) in [4.78, 5) is 2.56. The largest absolute Gasteiger partial charge is 0.309 e. The molecule has 0 N–H and O–H groups in total. The van der Waals surface area contributed by atoms with E-state index in [0.29, 0.717) is 0 Å². The Hall–Kier alpha value is -8.52. The minimum Gasteiger partial charge on any atom is -0.309 e. The highest BCUT2D eigenvalue weighted by Crippen LogP contribution is 2.62. The van der Waals surface area contributed by atoms with Crippen LogP contribution in [-0.4, -0.2) is 0 Å². The Bertz CT molecular complexity index is 3940. The molecule has 0 amide bonds. The van der Waals surface area contributed by atoms with E-state index in [-0.39, 0.29) is 0 Å². The van der Waals surface area contributed by atoms with Gasteiger partial charge in [0.05, 0.1) is 16.8 Å². The molecule has 1 heteroatoms. The second-order valence-corrected chi connectivity index (χ2v) is 17.9. The Morgan fingerprint density at radius 1 is 0.273 bits per heavy atom. The molecule has 1 atom stereocenters. The van der Waals surface area contributed by atoms with Crippen LogP contribution >= 0.6 is 0 Å². The smallest absolute Gasteiger partial charge is 0.0725 e. The van der Waals surface area contributed by atoms with Crippen molar-refractivity contribution in [3.63, 3.8) is 0 Å². The molecule has 2 aliphatic rings. The maximum atomic E-state index is 2.56. The van der Waals surface area contributed by atoms with Crippen LogP contribution in [-0.2, 0) is 5.41 Å². The molecule has 0 heterocycles. The molecule has 0 bridgehead atoms. The Morgan fingerprint density at radius 3 is 1.47 bits per heavy atom. The van der Waals surface area contributed by atoms with Gasteiger partial charge in [-0.15, -0.1) is 0 Å². The number of hydrogen-bond donors (Lipinski definition) is 0. The molecular formula is C65H41N. The van der Waals surface area contributed by atoms with Crippen molar-refractivity contribution < 1.29 is 0 Å². The SMILES string of the molecule is c1ccc(-c2ccc3ccccc3c2N(c2ccc3ccccc3c2)c2ccc3c4c(cccc24)C2(c4ccccc4-c4ccc(-c5ccccc5)c5cccc2c45)c2ccccc2-3)cc1. The summed E-state index contributed by atoms with van der Waals surface area (Å²) < 4.78 is 0. The average Bonchev–Trinajstić information content (AvgIpc) is 3.39. The molecule has 306 valence electrons. The third-order valence-corrected chi connectivity index (χ3v) is 14.6. The molecule has 1 unspecified atom stereocenters.